The average Bonchev–Trinajstić information content (AvgIpc) is 3.23. The zero-order chi connectivity index (χ0) is 26.9. The molecule has 0 amide bonds. The van der Waals surface area contributed by atoms with Crippen LogP contribution in [0.4, 0.5) is 13.2 Å². The number of benzene rings is 2. The number of aromatic nitrogens is 2. The molecule has 7 nitrogen and oxygen atoms in total. The van der Waals surface area contributed by atoms with Gasteiger partial charge < -0.3 is 23.9 Å². The van der Waals surface area contributed by atoms with Gasteiger partial charge in [-0.25, -0.2) is 9.78 Å². The summed E-state index contributed by atoms with van der Waals surface area (Å²) in [5.41, 5.74) is 4.48. The normalized spacial score (nSPS) is 11.0. The number of halogens is 3. The topological polar surface area (TPSA) is 82.8 Å². The molecule has 10 heteroatoms. The van der Waals surface area contributed by atoms with E-state index in [1.807, 2.05) is 36.7 Å². The molecule has 0 atom stereocenters. The van der Waals surface area contributed by atoms with E-state index >= 15 is 0 Å². The molecule has 1 N–H and O–H groups in total. The first kappa shape index (κ1) is 28.5. The number of methoxy groups -OCH3 is 3. The van der Waals surface area contributed by atoms with Gasteiger partial charge in [-0.1, -0.05) is 32.0 Å². The minimum absolute atomic E-state index is 0.524. The van der Waals surface area contributed by atoms with Crippen molar-refractivity contribution in [3.8, 4) is 28.5 Å². The summed E-state index contributed by atoms with van der Waals surface area (Å²) in [6.45, 7) is 5.31. The first-order valence-corrected chi connectivity index (χ1v) is 11.2. The van der Waals surface area contributed by atoms with Crippen molar-refractivity contribution >= 4 is 5.97 Å². The number of carbonyl (C=O) groups is 1. The number of carboxylic acids is 1. The highest BCUT2D eigenvalue weighted by molar-refractivity contribution is 5.73. The average molecular weight is 509 g/mol. The lowest BCUT2D eigenvalue weighted by atomic mass is 10.0. The van der Waals surface area contributed by atoms with Crippen molar-refractivity contribution < 1.29 is 37.3 Å². The van der Waals surface area contributed by atoms with E-state index < -0.39 is 12.1 Å². The second-order valence-electron chi connectivity index (χ2n) is 8.27. The second kappa shape index (κ2) is 12.9. The molecule has 0 bridgehead atoms. The Morgan fingerprint density at radius 3 is 2.17 bits per heavy atom. The van der Waals surface area contributed by atoms with Crippen molar-refractivity contribution in [2.45, 2.75) is 39.4 Å². The van der Waals surface area contributed by atoms with Crippen molar-refractivity contribution in [2.24, 2.45) is 5.92 Å². The Morgan fingerprint density at radius 2 is 1.61 bits per heavy atom. The fourth-order valence-electron chi connectivity index (χ4n) is 3.58. The third-order valence-electron chi connectivity index (χ3n) is 5.26. The van der Waals surface area contributed by atoms with Crippen LogP contribution in [-0.4, -0.2) is 48.1 Å². The van der Waals surface area contributed by atoms with Gasteiger partial charge in [-0.05, 0) is 48.6 Å². The Morgan fingerprint density at radius 1 is 1.00 bits per heavy atom. The van der Waals surface area contributed by atoms with Gasteiger partial charge in [0.05, 0.1) is 33.4 Å². The van der Waals surface area contributed by atoms with Gasteiger partial charge in [0.25, 0.3) is 0 Å². The second-order valence-corrected chi connectivity index (χ2v) is 8.27. The maximum absolute atomic E-state index is 10.6. The third kappa shape index (κ3) is 7.66. The van der Waals surface area contributed by atoms with Crippen LogP contribution in [0, 0.1) is 5.92 Å². The number of para-hydroxylation sites is 1. The Balaban J connectivity index is 0.000000572. The molecule has 0 aliphatic heterocycles. The molecule has 0 aliphatic rings. The van der Waals surface area contributed by atoms with Crippen LogP contribution in [0.25, 0.3) is 11.3 Å². The maximum Gasteiger partial charge on any atom is 0.490 e. The number of aryl methyl sites for hydroxylation is 2. The van der Waals surface area contributed by atoms with E-state index in [-0.39, 0.29) is 0 Å². The summed E-state index contributed by atoms with van der Waals surface area (Å²) in [6, 6.07) is 14.1. The van der Waals surface area contributed by atoms with Gasteiger partial charge in [0, 0.05) is 17.8 Å². The molecule has 1 heterocycles. The lowest BCUT2D eigenvalue weighted by molar-refractivity contribution is -0.192. The van der Waals surface area contributed by atoms with E-state index in [1.54, 1.807) is 21.3 Å². The maximum atomic E-state index is 10.6. The molecule has 0 aliphatic carbocycles. The van der Waals surface area contributed by atoms with Crippen LogP contribution >= 0.6 is 0 Å². The minimum Gasteiger partial charge on any atom is -0.496 e. The first-order chi connectivity index (χ1) is 17.0. The zero-order valence-electron chi connectivity index (χ0n) is 20.9. The number of hydrogen-bond acceptors (Lipinski definition) is 5. The molecule has 196 valence electrons. The van der Waals surface area contributed by atoms with E-state index in [0.717, 1.165) is 42.1 Å². The molecule has 1 aromatic heterocycles. The van der Waals surface area contributed by atoms with Gasteiger partial charge in [-0.15, -0.1) is 0 Å². The number of imidazole rings is 1. The van der Waals surface area contributed by atoms with E-state index in [9.17, 15) is 13.2 Å². The third-order valence-corrected chi connectivity index (χ3v) is 5.26. The molecular formula is C26H31F3N2O5. The summed E-state index contributed by atoms with van der Waals surface area (Å²) >= 11 is 0. The van der Waals surface area contributed by atoms with Crippen LogP contribution in [0.1, 0.15) is 25.1 Å². The monoisotopic (exact) mass is 508 g/mol. The Labute approximate surface area is 208 Å². The highest BCUT2D eigenvalue weighted by Gasteiger charge is 2.38. The highest BCUT2D eigenvalue weighted by atomic mass is 19.4. The first-order valence-electron chi connectivity index (χ1n) is 11.2. The van der Waals surface area contributed by atoms with Gasteiger partial charge in [0.2, 0.25) is 0 Å². The van der Waals surface area contributed by atoms with E-state index in [2.05, 4.69) is 30.5 Å². The Bertz CT molecular complexity index is 1140. The summed E-state index contributed by atoms with van der Waals surface area (Å²) < 4.78 is 50.4. The zero-order valence-corrected chi connectivity index (χ0v) is 20.9. The summed E-state index contributed by atoms with van der Waals surface area (Å²) in [6.07, 6.45) is -1.30. The molecular weight excluding hydrogens is 477 g/mol. The fourth-order valence-corrected chi connectivity index (χ4v) is 3.58. The van der Waals surface area contributed by atoms with Crippen molar-refractivity contribution in [1.29, 1.82) is 0 Å². The molecule has 0 fully saturated rings. The summed E-state index contributed by atoms with van der Waals surface area (Å²) in [5.74, 6) is 0.127. The SMILES string of the molecule is COc1ccccc1CCn1cnc(-c2ccc(OC)c(OC)c2)c1CC(C)C.O=C(O)C(F)(F)F. The molecule has 0 unspecified atom stereocenters. The number of nitrogens with zero attached hydrogens (tertiary/aromatic N) is 2. The number of carboxylic acid groups (broad SMARTS) is 1. The van der Waals surface area contributed by atoms with E-state index in [0.29, 0.717) is 11.7 Å². The van der Waals surface area contributed by atoms with Gasteiger partial charge >= 0.3 is 12.1 Å². The Hall–Kier alpha value is -3.69. The lowest BCUT2D eigenvalue weighted by Crippen LogP contribution is -2.21. The van der Waals surface area contributed by atoms with Crippen molar-refractivity contribution in [2.75, 3.05) is 21.3 Å². The van der Waals surface area contributed by atoms with Crippen molar-refractivity contribution in [1.82, 2.24) is 9.55 Å². The predicted octanol–water partition coefficient (Wildman–Crippen LogP) is 5.65. The largest absolute Gasteiger partial charge is 0.496 e. The Kier molecular flexibility index (Phi) is 10.2. The molecule has 36 heavy (non-hydrogen) atoms. The summed E-state index contributed by atoms with van der Waals surface area (Å²) in [7, 11) is 5.02. The van der Waals surface area contributed by atoms with E-state index in [1.165, 1.54) is 11.3 Å². The molecule has 2 aromatic carbocycles. The number of aliphatic carboxylic acids is 1. The molecule has 3 rings (SSSR count). The van der Waals surface area contributed by atoms with Crippen molar-refractivity contribution in [3.63, 3.8) is 0 Å². The van der Waals surface area contributed by atoms with Crippen LogP contribution in [0.5, 0.6) is 17.2 Å². The van der Waals surface area contributed by atoms with Gasteiger partial charge in [-0.2, -0.15) is 13.2 Å². The molecule has 0 saturated heterocycles. The summed E-state index contributed by atoms with van der Waals surface area (Å²) in [5, 5.41) is 7.12. The van der Waals surface area contributed by atoms with Gasteiger partial charge in [-0.3, -0.25) is 0 Å². The predicted molar refractivity (Wildman–Crippen MR) is 130 cm³/mol. The lowest BCUT2D eigenvalue weighted by Gasteiger charge is -2.14. The van der Waals surface area contributed by atoms with Crippen LogP contribution < -0.4 is 14.2 Å². The number of hydrogen-bond donors (Lipinski definition) is 1. The summed E-state index contributed by atoms with van der Waals surface area (Å²) in [4.78, 5) is 13.7. The number of alkyl halides is 3. The molecule has 0 spiro atoms. The molecule has 0 saturated carbocycles. The quantitative estimate of drug-likeness (QED) is 0.402. The number of ether oxygens (including phenoxy) is 3. The van der Waals surface area contributed by atoms with Crippen LogP contribution in [-0.2, 0) is 24.2 Å². The van der Waals surface area contributed by atoms with Crippen LogP contribution in [0.3, 0.4) is 0 Å². The smallest absolute Gasteiger partial charge is 0.490 e. The van der Waals surface area contributed by atoms with Gasteiger partial charge in [0.1, 0.15) is 5.75 Å². The number of rotatable bonds is 9. The standard InChI is InChI=1S/C24H30N2O3.C2HF3O2/c1-17(2)14-20-24(19-10-11-22(28-4)23(15-19)29-5)25-16-26(20)13-12-18-8-6-7-9-21(18)27-3;3-2(4,5)1(6)7/h6-11,15-17H,12-14H2,1-5H3;(H,6,7). The van der Waals surface area contributed by atoms with Gasteiger partial charge in [0.15, 0.2) is 11.5 Å². The minimum atomic E-state index is -5.08. The van der Waals surface area contributed by atoms with E-state index in [4.69, 9.17) is 29.1 Å². The van der Waals surface area contributed by atoms with Crippen molar-refractivity contribution in [3.05, 3.63) is 60.0 Å². The van der Waals surface area contributed by atoms with Crippen LogP contribution in [0.15, 0.2) is 48.8 Å². The van der Waals surface area contributed by atoms with Crippen LogP contribution in [0.2, 0.25) is 0 Å². The molecule has 0 radical (unpaired) electrons. The fraction of sp³-hybridized carbons (Fsp3) is 0.385. The molecule has 3 aromatic rings. The highest BCUT2D eigenvalue weighted by Crippen LogP contribution is 2.34.